The van der Waals surface area contributed by atoms with Crippen molar-refractivity contribution in [2.45, 2.75) is 20.3 Å². The second kappa shape index (κ2) is 8.94. The Labute approximate surface area is 186 Å². The molecular weight excluding hydrogens is 412 g/mol. The predicted octanol–water partition coefficient (Wildman–Crippen LogP) is 4.90. The minimum atomic E-state index is -0.325. The van der Waals surface area contributed by atoms with Crippen molar-refractivity contribution < 1.29 is 9.59 Å². The summed E-state index contributed by atoms with van der Waals surface area (Å²) in [6.07, 6.45) is 4.26. The average Bonchev–Trinajstić information content (AvgIpc) is 3.23. The number of hydrogen-bond donors (Lipinski definition) is 1. The van der Waals surface area contributed by atoms with Gasteiger partial charge in [-0.2, -0.15) is 5.10 Å². The lowest BCUT2D eigenvalue weighted by atomic mass is 9.91. The number of carbonyl (C=O) groups excluding carboxylic acids is 2. The van der Waals surface area contributed by atoms with Crippen LogP contribution in [0.1, 0.15) is 41.0 Å². The van der Waals surface area contributed by atoms with Gasteiger partial charge in [-0.3, -0.25) is 9.59 Å². The van der Waals surface area contributed by atoms with Gasteiger partial charge >= 0.3 is 0 Å². The molecule has 2 amide bonds. The van der Waals surface area contributed by atoms with Crippen molar-refractivity contribution in [3.8, 4) is 5.69 Å². The Kier molecular flexibility index (Phi) is 6.09. The van der Waals surface area contributed by atoms with Crippen LogP contribution in [0.2, 0.25) is 5.02 Å². The van der Waals surface area contributed by atoms with Gasteiger partial charge < -0.3 is 10.2 Å². The molecule has 0 spiro atoms. The molecule has 7 heteroatoms. The number of carbonyl (C=O) groups is 2. The fourth-order valence-electron chi connectivity index (χ4n) is 4.17. The fraction of sp³-hybridized carbons (Fsp3) is 0.292. The second-order valence-electron chi connectivity index (χ2n) is 8.31. The Balaban J connectivity index is 1.53. The molecule has 1 aliphatic rings. The molecule has 2 atom stereocenters. The Morgan fingerprint density at radius 2 is 1.81 bits per heavy atom. The Bertz CT molecular complexity index is 1100. The maximum absolute atomic E-state index is 13.2. The minimum absolute atomic E-state index is 0.0519. The van der Waals surface area contributed by atoms with Gasteiger partial charge in [0.2, 0.25) is 0 Å². The van der Waals surface area contributed by atoms with E-state index in [1.165, 1.54) is 6.20 Å². The predicted molar refractivity (Wildman–Crippen MR) is 122 cm³/mol. The Morgan fingerprint density at radius 3 is 2.55 bits per heavy atom. The molecule has 1 aromatic heterocycles. The number of nitrogens with one attached hydrogen (secondary N) is 1. The van der Waals surface area contributed by atoms with Gasteiger partial charge in [-0.15, -0.1) is 0 Å². The summed E-state index contributed by atoms with van der Waals surface area (Å²) in [6.45, 7) is 5.80. The summed E-state index contributed by atoms with van der Waals surface area (Å²) >= 11 is 6.04. The summed E-state index contributed by atoms with van der Waals surface area (Å²) in [4.78, 5) is 28.0. The lowest BCUT2D eigenvalue weighted by Gasteiger charge is -2.35. The van der Waals surface area contributed by atoms with Crippen LogP contribution < -0.4 is 5.32 Å². The molecule has 160 valence electrons. The lowest BCUT2D eigenvalue weighted by molar-refractivity contribution is 0.0624. The minimum Gasteiger partial charge on any atom is -0.338 e. The third kappa shape index (κ3) is 4.80. The molecule has 3 aromatic rings. The Hall–Kier alpha value is -3.12. The van der Waals surface area contributed by atoms with Gasteiger partial charge in [0.05, 0.1) is 28.7 Å². The van der Waals surface area contributed by atoms with Crippen molar-refractivity contribution in [1.29, 1.82) is 0 Å². The van der Waals surface area contributed by atoms with E-state index in [0.717, 1.165) is 25.2 Å². The molecule has 0 bridgehead atoms. The topological polar surface area (TPSA) is 67.2 Å². The number of hydrogen-bond acceptors (Lipinski definition) is 3. The molecule has 0 aliphatic carbocycles. The smallest absolute Gasteiger partial charge is 0.258 e. The zero-order chi connectivity index (χ0) is 22.0. The number of rotatable bonds is 4. The van der Waals surface area contributed by atoms with Crippen LogP contribution in [0, 0.1) is 11.8 Å². The number of aromatic nitrogens is 2. The van der Waals surface area contributed by atoms with E-state index in [2.05, 4.69) is 24.3 Å². The fourth-order valence-corrected chi connectivity index (χ4v) is 4.36. The first kappa shape index (κ1) is 21.1. The van der Waals surface area contributed by atoms with Gasteiger partial charge in [0.25, 0.3) is 11.8 Å². The van der Waals surface area contributed by atoms with Gasteiger partial charge in [-0.25, -0.2) is 4.68 Å². The van der Waals surface area contributed by atoms with Crippen molar-refractivity contribution in [2.24, 2.45) is 11.8 Å². The number of amides is 2. The number of benzene rings is 2. The number of nitrogens with zero attached hydrogens (tertiary/aromatic N) is 3. The normalized spacial score (nSPS) is 18.6. The van der Waals surface area contributed by atoms with Crippen LogP contribution in [0.25, 0.3) is 5.69 Å². The van der Waals surface area contributed by atoms with Gasteiger partial charge in [0.15, 0.2) is 0 Å². The molecule has 2 heterocycles. The summed E-state index contributed by atoms with van der Waals surface area (Å²) in [5.41, 5.74) is 2.15. The largest absolute Gasteiger partial charge is 0.338 e. The maximum Gasteiger partial charge on any atom is 0.258 e. The maximum atomic E-state index is 13.2. The zero-order valence-corrected chi connectivity index (χ0v) is 18.3. The van der Waals surface area contributed by atoms with E-state index in [1.54, 1.807) is 35.1 Å². The van der Waals surface area contributed by atoms with Crippen molar-refractivity contribution >= 4 is 29.1 Å². The molecule has 1 aliphatic heterocycles. The average molecular weight is 437 g/mol. The van der Waals surface area contributed by atoms with E-state index >= 15 is 0 Å². The third-order valence-electron chi connectivity index (χ3n) is 5.48. The third-order valence-corrected chi connectivity index (χ3v) is 5.71. The van der Waals surface area contributed by atoms with E-state index in [-0.39, 0.29) is 11.8 Å². The standard InChI is InChI=1S/C24H25ClN4O2/c1-16-10-17(2)14-28(13-16)24(31)21-8-3-4-9-22(21)27-23(30)18-12-26-29(15-18)20-7-5-6-19(25)11-20/h3-9,11-12,15-17H,10,13-14H2,1-2H3,(H,27,30). The molecule has 0 saturated carbocycles. The SMILES string of the molecule is CC1CC(C)CN(C(=O)c2ccccc2NC(=O)c2cnn(-c3cccc(Cl)c3)c2)C1. The molecular formula is C24H25ClN4O2. The van der Waals surface area contributed by atoms with E-state index in [9.17, 15) is 9.59 Å². The molecule has 0 radical (unpaired) electrons. The number of anilines is 1. The van der Waals surface area contributed by atoms with Crippen LogP contribution in [0.3, 0.4) is 0 Å². The van der Waals surface area contributed by atoms with Crippen LogP contribution in [-0.2, 0) is 0 Å². The van der Waals surface area contributed by atoms with Crippen molar-refractivity contribution in [2.75, 3.05) is 18.4 Å². The molecule has 4 rings (SSSR count). The van der Waals surface area contributed by atoms with Crippen LogP contribution >= 0.6 is 11.6 Å². The van der Waals surface area contributed by atoms with E-state index in [0.29, 0.717) is 33.7 Å². The Morgan fingerprint density at radius 1 is 1.06 bits per heavy atom. The molecule has 31 heavy (non-hydrogen) atoms. The van der Waals surface area contributed by atoms with Gasteiger partial charge in [0.1, 0.15) is 0 Å². The van der Waals surface area contributed by atoms with E-state index in [4.69, 9.17) is 11.6 Å². The number of halogens is 1. The zero-order valence-electron chi connectivity index (χ0n) is 17.6. The summed E-state index contributed by atoms with van der Waals surface area (Å²) < 4.78 is 1.59. The van der Waals surface area contributed by atoms with Crippen LogP contribution in [-0.4, -0.2) is 39.6 Å². The number of likely N-dealkylation sites (tertiary alicyclic amines) is 1. The quantitative estimate of drug-likeness (QED) is 0.632. The van der Waals surface area contributed by atoms with Gasteiger partial charge in [0, 0.05) is 24.3 Å². The first-order valence-corrected chi connectivity index (χ1v) is 10.8. The molecule has 2 aromatic carbocycles. The van der Waals surface area contributed by atoms with Crippen molar-refractivity contribution in [1.82, 2.24) is 14.7 Å². The molecule has 1 N–H and O–H groups in total. The van der Waals surface area contributed by atoms with Gasteiger partial charge in [-0.05, 0) is 48.6 Å². The highest BCUT2D eigenvalue weighted by atomic mass is 35.5. The molecule has 6 nitrogen and oxygen atoms in total. The molecule has 2 unspecified atom stereocenters. The summed E-state index contributed by atoms with van der Waals surface area (Å²) in [7, 11) is 0. The van der Waals surface area contributed by atoms with Crippen LogP contribution in [0.4, 0.5) is 5.69 Å². The van der Waals surface area contributed by atoms with Crippen LogP contribution in [0.15, 0.2) is 60.9 Å². The summed E-state index contributed by atoms with van der Waals surface area (Å²) in [6, 6.07) is 14.4. The highest BCUT2D eigenvalue weighted by Gasteiger charge is 2.27. The monoisotopic (exact) mass is 436 g/mol. The highest BCUT2D eigenvalue weighted by molar-refractivity contribution is 6.30. The number of piperidine rings is 1. The molecule has 1 fully saturated rings. The first-order chi connectivity index (χ1) is 14.9. The van der Waals surface area contributed by atoms with E-state index in [1.807, 2.05) is 29.2 Å². The van der Waals surface area contributed by atoms with Gasteiger partial charge in [-0.1, -0.05) is 43.6 Å². The summed E-state index contributed by atoms with van der Waals surface area (Å²) in [5, 5.41) is 7.73. The number of para-hydroxylation sites is 1. The second-order valence-corrected chi connectivity index (χ2v) is 8.75. The van der Waals surface area contributed by atoms with E-state index < -0.39 is 0 Å². The van der Waals surface area contributed by atoms with Crippen molar-refractivity contribution in [3.63, 3.8) is 0 Å². The van der Waals surface area contributed by atoms with Crippen LogP contribution in [0.5, 0.6) is 0 Å². The van der Waals surface area contributed by atoms with Crippen molar-refractivity contribution in [3.05, 3.63) is 77.1 Å². The molecule has 1 saturated heterocycles. The first-order valence-electron chi connectivity index (χ1n) is 10.4. The summed E-state index contributed by atoms with van der Waals surface area (Å²) in [5.74, 6) is 0.552. The lowest BCUT2D eigenvalue weighted by Crippen LogP contribution is -2.42. The highest BCUT2D eigenvalue weighted by Crippen LogP contribution is 2.25.